The molecule has 0 saturated carbocycles. The molecule has 19 heavy (non-hydrogen) atoms. The van der Waals surface area contributed by atoms with Gasteiger partial charge in [0.05, 0.1) is 24.1 Å². The molecule has 1 saturated heterocycles. The molecule has 0 aromatic carbocycles. The van der Waals surface area contributed by atoms with Crippen molar-refractivity contribution in [2.45, 2.75) is 64.8 Å². The van der Waals surface area contributed by atoms with Crippen molar-refractivity contribution in [1.29, 1.82) is 0 Å². The van der Waals surface area contributed by atoms with Crippen molar-refractivity contribution in [2.24, 2.45) is 11.1 Å². The molecule has 3 atom stereocenters. The van der Waals surface area contributed by atoms with Gasteiger partial charge in [0.1, 0.15) is 0 Å². The third kappa shape index (κ3) is 7.87. The zero-order chi connectivity index (χ0) is 14.5. The van der Waals surface area contributed by atoms with Gasteiger partial charge >= 0.3 is 0 Å². The Kier molecular flexibility index (Phi) is 6.73. The Bertz CT molecular complexity index is 348. The van der Waals surface area contributed by atoms with Crippen LogP contribution in [0.3, 0.4) is 0 Å². The van der Waals surface area contributed by atoms with E-state index in [-0.39, 0.29) is 24.1 Å². The molecule has 1 aliphatic heterocycles. The van der Waals surface area contributed by atoms with E-state index in [0.29, 0.717) is 18.9 Å². The topological polar surface area (TPSA) is 78.6 Å². The standard InChI is InChI=1S/C13H27NO4S/c1-10(5-7-19(14,15)16)4-6-17-13-8-11(2)18-12(3)9-13/h10-13H,4-9H2,1-3H3,(H2,14,15,16). The molecule has 1 heterocycles. The van der Waals surface area contributed by atoms with Crippen LogP contribution in [0.5, 0.6) is 0 Å². The van der Waals surface area contributed by atoms with Crippen molar-refractivity contribution in [3.05, 3.63) is 0 Å². The lowest BCUT2D eigenvalue weighted by molar-refractivity contribution is -0.103. The van der Waals surface area contributed by atoms with Crippen LogP contribution in [0.2, 0.25) is 0 Å². The van der Waals surface area contributed by atoms with Gasteiger partial charge in [-0.15, -0.1) is 0 Å². The van der Waals surface area contributed by atoms with Crippen LogP contribution in [0.1, 0.15) is 46.5 Å². The Labute approximate surface area is 116 Å². The predicted octanol–water partition coefficient (Wildman–Crippen LogP) is 1.66. The quantitative estimate of drug-likeness (QED) is 0.774. The predicted molar refractivity (Wildman–Crippen MR) is 75.4 cm³/mol. The van der Waals surface area contributed by atoms with Crippen LogP contribution in [-0.2, 0) is 19.5 Å². The van der Waals surface area contributed by atoms with E-state index in [1.807, 2.05) is 6.92 Å². The third-order valence-corrected chi connectivity index (χ3v) is 4.32. The summed E-state index contributed by atoms with van der Waals surface area (Å²) in [6.07, 6.45) is 4.14. The number of nitrogens with two attached hydrogens (primary N) is 1. The van der Waals surface area contributed by atoms with E-state index in [4.69, 9.17) is 14.6 Å². The van der Waals surface area contributed by atoms with Crippen LogP contribution in [0, 0.1) is 5.92 Å². The van der Waals surface area contributed by atoms with E-state index in [1.165, 1.54) is 0 Å². The Morgan fingerprint density at radius 1 is 1.26 bits per heavy atom. The number of primary sulfonamides is 1. The average Bonchev–Trinajstić information content (AvgIpc) is 2.24. The van der Waals surface area contributed by atoms with Crippen LogP contribution in [0.15, 0.2) is 0 Å². The zero-order valence-electron chi connectivity index (χ0n) is 12.2. The van der Waals surface area contributed by atoms with Gasteiger partial charge in [-0.1, -0.05) is 6.92 Å². The lowest BCUT2D eigenvalue weighted by Crippen LogP contribution is -2.34. The second-order valence-electron chi connectivity index (χ2n) is 5.77. The van der Waals surface area contributed by atoms with Crippen LogP contribution in [-0.4, -0.2) is 39.1 Å². The number of rotatable bonds is 7. The molecular weight excluding hydrogens is 266 g/mol. The summed E-state index contributed by atoms with van der Waals surface area (Å²) in [5.74, 6) is 0.368. The van der Waals surface area contributed by atoms with Gasteiger partial charge in [0, 0.05) is 6.61 Å². The molecule has 5 nitrogen and oxygen atoms in total. The van der Waals surface area contributed by atoms with E-state index >= 15 is 0 Å². The highest BCUT2D eigenvalue weighted by molar-refractivity contribution is 7.89. The molecular formula is C13H27NO4S. The van der Waals surface area contributed by atoms with Crippen molar-refractivity contribution >= 4 is 10.0 Å². The minimum atomic E-state index is -3.34. The fraction of sp³-hybridized carbons (Fsp3) is 1.00. The van der Waals surface area contributed by atoms with Gasteiger partial charge < -0.3 is 9.47 Å². The Balaban J connectivity index is 2.15. The maximum atomic E-state index is 10.9. The van der Waals surface area contributed by atoms with Gasteiger partial charge in [0.15, 0.2) is 0 Å². The highest BCUT2D eigenvalue weighted by Gasteiger charge is 2.24. The molecule has 0 amide bonds. The van der Waals surface area contributed by atoms with Gasteiger partial charge in [0.25, 0.3) is 0 Å². The fourth-order valence-corrected chi connectivity index (χ4v) is 3.16. The first kappa shape index (κ1) is 16.9. The lowest BCUT2D eigenvalue weighted by Gasteiger charge is -2.32. The van der Waals surface area contributed by atoms with Crippen molar-refractivity contribution in [3.63, 3.8) is 0 Å². The summed E-state index contributed by atoms with van der Waals surface area (Å²) in [6, 6.07) is 0. The van der Waals surface area contributed by atoms with Crippen molar-refractivity contribution in [2.75, 3.05) is 12.4 Å². The minimum absolute atomic E-state index is 0.0551. The smallest absolute Gasteiger partial charge is 0.209 e. The summed E-state index contributed by atoms with van der Waals surface area (Å²) in [5.41, 5.74) is 0. The normalized spacial score (nSPS) is 30.2. The molecule has 0 radical (unpaired) electrons. The lowest BCUT2D eigenvalue weighted by atomic mass is 10.0. The van der Waals surface area contributed by atoms with Crippen LogP contribution >= 0.6 is 0 Å². The highest BCUT2D eigenvalue weighted by atomic mass is 32.2. The minimum Gasteiger partial charge on any atom is -0.378 e. The number of ether oxygens (including phenoxy) is 2. The van der Waals surface area contributed by atoms with Crippen LogP contribution in [0.4, 0.5) is 0 Å². The SMILES string of the molecule is CC(CCOC1CC(C)OC(C)C1)CCS(N)(=O)=O. The summed E-state index contributed by atoms with van der Waals surface area (Å²) in [4.78, 5) is 0. The first-order valence-corrected chi connectivity index (χ1v) is 8.75. The number of hydrogen-bond acceptors (Lipinski definition) is 4. The Morgan fingerprint density at radius 2 is 1.84 bits per heavy atom. The second-order valence-corrected chi connectivity index (χ2v) is 7.50. The Morgan fingerprint density at radius 3 is 2.37 bits per heavy atom. The van der Waals surface area contributed by atoms with E-state index in [9.17, 15) is 8.42 Å². The molecule has 114 valence electrons. The summed E-state index contributed by atoms with van der Waals surface area (Å²) in [7, 11) is -3.34. The van der Waals surface area contributed by atoms with Crippen molar-refractivity contribution < 1.29 is 17.9 Å². The molecule has 1 fully saturated rings. The monoisotopic (exact) mass is 293 g/mol. The van der Waals surface area contributed by atoms with Gasteiger partial charge in [-0.05, 0) is 45.4 Å². The van der Waals surface area contributed by atoms with Crippen molar-refractivity contribution in [3.8, 4) is 0 Å². The third-order valence-electron chi connectivity index (χ3n) is 3.51. The van der Waals surface area contributed by atoms with Gasteiger partial charge in [-0.3, -0.25) is 0 Å². The summed E-state index contributed by atoms with van der Waals surface area (Å²) < 4.78 is 33.2. The molecule has 0 aromatic rings. The molecule has 0 aliphatic carbocycles. The zero-order valence-corrected chi connectivity index (χ0v) is 13.0. The summed E-state index contributed by atoms with van der Waals surface area (Å²) in [6.45, 7) is 6.85. The maximum Gasteiger partial charge on any atom is 0.209 e. The molecule has 0 aromatic heterocycles. The van der Waals surface area contributed by atoms with Crippen molar-refractivity contribution in [1.82, 2.24) is 0 Å². The molecule has 2 N–H and O–H groups in total. The number of hydrogen-bond donors (Lipinski definition) is 1. The summed E-state index contributed by atoms with van der Waals surface area (Å²) >= 11 is 0. The largest absolute Gasteiger partial charge is 0.378 e. The van der Waals surface area contributed by atoms with Gasteiger partial charge in [0.2, 0.25) is 10.0 Å². The molecule has 1 rings (SSSR count). The Hall–Kier alpha value is -0.170. The maximum absolute atomic E-state index is 10.9. The van der Waals surface area contributed by atoms with Crippen LogP contribution < -0.4 is 5.14 Å². The average molecular weight is 293 g/mol. The van der Waals surface area contributed by atoms with Gasteiger partial charge in [-0.2, -0.15) is 0 Å². The molecule has 3 unspecified atom stereocenters. The van der Waals surface area contributed by atoms with Gasteiger partial charge in [-0.25, -0.2) is 13.6 Å². The van der Waals surface area contributed by atoms with E-state index in [2.05, 4.69) is 13.8 Å². The first-order valence-electron chi connectivity index (χ1n) is 7.04. The molecule has 6 heteroatoms. The molecule has 1 aliphatic rings. The van der Waals surface area contributed by atoms with E-state index in [1.54, 1.807) is 0 Å². The van der Waals surface area contributed by atoms with Crippen LogP contribution in [0.25, 0.3) is 0 Å². The molecule has 0 bridgehead atoms. The summed E-state index contributed by atoms with van der Waals surface area (Å²) in [5, 5.41) is 4.99. The van der Waals surface area contributed by atoms with E-state index in [0.717, 1.165) is 19.3 Å². The first-order chi connectivity index (χ1) is 8.76. The second kappa shape index (κ2) is 7.57. The fourth-order valence-electron chi connectivity index (χ4n) is 2.43. The van der Waals surface area contributed by atoms with E-state index < -0.39 is 10.0 Å². The molecule has 0 spiro atoms. The highest BCUT2D eigenvalue weighted by Crippen LogP contribution is 2.22. The number of sulfonamides is 1.